The minimum absolute atomic E-state index is 0.0963. The molecule has 0 amide bonds. The van der Waals surface area contributed by atoms with E-state index in [1.54, 1.807) is 24.3 Å². The Balaban J connectivity index is 2.19. The largest absolute Gasteiger partial charge is 0.340 e. The summed E-state index contributed by atoms with van der Waals surface area (Å²) in [6.45, 7) is 5.71. The van der Waals surface area contributed by atoms with Crippen LogP contribution in [-0.2, 0) is 10.0 Å². The lowest BCUT2D eigenvalue weighted by Gasteiger charge is -2.21. The second kappa shape index (κ2) is 5.83. The molecule has 0 radical (unpaired) electrons. The van der Waals surface area contributed by atoms with E-state index in [9.17, 15) is 8.42 Å². The smallest absolute Gasteiger partial charge is 0.266 e. The van der Waals surface area contributed by atoms with Gasteiger partial charge in [-0.1, -0.05) is 31.0 Å². The third kappa shape index (κ3) is 2.80. The highest BCUT2D eigenvalue weighted by Gasteiger charge is 2.34. The molecule has 5 nitrogen and oxygen atoms in total. The maximum atomic E-state index is 12.5. The van der Waals surface area contributed by atoms with Crippen molar-refractivity contribution in [3.63, 3.8) is 0 Å². The topological polar surface area (TPSA) is 64.5 Å². The van der Waals surface area contributed by atoms with Crippen molar-refractivity contribution >= 4 is 16.0 Å². The molecule has 0 unspecified atom stereocenters. The SMILES string of the molecule is CCCCN1CCN(S(=O)(=O)c2ccc(C)cc2)C1=N. The number of rotatable bonds is 5. The van der Waals surface area contributed by atoms with Crippen molar-refractivity contribution < 1.29 is 8.42 Å². The number of sulfonamides is 1. The first kappa shape index (κ1) is 14.8. The number of nitrogens with zero attached hydrogens (tertiary/aromatic N) is 2. The Morgan fingerprint density at radius 1 is 1.20 bits per heavy atom. The molecule has 1 fully saturated rings. The summed E-state index contributed by atoms with van der Waals surface area (Å²) in [5, 5.41) is 8.06. The first-order valence-electron chi connectivity index (χ1n) is 6.89. The predicted molar refractivity (Wildman–Crippen MR) is 79.3 cm³/mol. The van der Waals surface area contributed by atoms with Crippen LogP contribution < -0.4 is 0 Å². The number of benzene rings is 1. The molecule has 110 valence electrons. The normalized spacial score (nSPS) is 16.0. The second-order valence-corrected chi connectivity index (χ2v) is 6.92. The van der Waals surface area contributed by atoms with Crippen molar-refractivity contribution in [2.45, 2.75) is 31.6 Å². The van der Waals surface area contributed by atoms with E-state index < -0.39 is 10.0 Å². The molecule has 1 aromatic rings. The molecule has 0 saturated carbocycles. The number of unbranched alkanes of at least 4 members (excludes halogenated alkanes) is 1. The minimum Gasteiger partial charge on any atom is -0.340 e. The van der Waals surface area contributed by atoms with Crippen molar-refractivity contribution in [1.29, 1.82) is 5.41 Å². The van der Waals surface area contributed by atoms with E-state index >= 15 is 0 Å². The molecule has 1 saturated heterocycles. The Labute approximate surface area is 120 Å². The Bertz CT molecular complexity index is 581. The average molecular weight is 295 g/mol. The Kier molecular flexibility index (Phi) is 4.32. The maximum Gasteiger partial charge on any atom is 0.266 e. The van der Waals surface area contributed by atoms with Gasteiger partial charge in [-0.2, -0.15) is 0 Å². The Hall–Kier alpha value is -1.56. The highest BCUT2D eigenvalue weighted by atomic mass is 32.2. The van der Waals surface area contributed by atoms with E-state index in [2.05, 4.69) is 6.92 Å². The van der Waals surface area contributed by atoms with Crippen LogP contribution in [0.4, 0.5) is 0 Å². The number of guanidine groups is 1. The van der Waals surface area contributed by atoms with Gasteiger partial charge in [0, 0.05) is 13.1 Å². The van der Waals surface area contributed by atoms with Crippen LogP contribution in [0.3, 0.4) is 0 Å². The summed E-state index contributed by atoms with van der Waals surface area (Å²) < 4.78 is 26.3. The molecular weight excluding hydrogens is 274 g/mol. The summed E-state index contributed by atoms with van der Waals surface area (Å²) in [6.07, 6.45) is 2.01. The van der Waals surface area contributed by atoms with Gasteiger partial charge >= 0.3 is 0 Å². The van der Waals surface area contributed by atoms with Gasteiger partial charge < -0.3 is 4.90 Å². The predicted octanol–water partition coefficient (Wildman–Crippen LogP) is 2.04. The molecule has 6 heteroatoms. The highest BCUT2D eigenvalue weighted by Crippen LogP contribution is 2.21. The highest BCUT2D eigenvalue weighted by molar-refractivity contribution is 7.89. The molecule has 1 N–H and O–H groups in total. The van der Waals surface area contributed by atoms with Crippen LogP contribution in [0.25, 0.3) is 0 Å². The van der Waals surface area contributed by atoms with Gasteiger partial charge in [-0.25, -0.2) is 12.7 Å². The van der Waals surface area contributed by atoms with Gasteiger partial charge in [0.05, 0.1) is 11.4 Å². The van der Waals surface area contributed by atoms with Gasteiger partial charge in [-0.15, -0.1) is 0 Å². The zero-order valence-corrected chi connectivity index (χ0v) is 12.8. The lowest BCUT2D eigenvalue weighted by atomic mass is 10.2. The molecular formula is C14H21N3O2S. The standard InChI is InChI=1S/C14H21N3O2S/c1-3-4-9-16-10-11-17(14(16)15)20(18,19)13-7-5-12(2)6-8-13/h5-8,15H,3-4,9-11H2,1-2H3. The molecule has 1 aromatic carbocycles. The first-order chi connectivity index (χ1) is 9.46. The second-order valence-electron chi connectivity index (χ2n) is 5.05. The summed E-state index contributed by atoms with van der Waals surface area (Å²) in [5.74, 6) is 0.0963. The minimum atomic E-state index is -3.60. The van der Waals surface area contributed by atoms with Crippen molar-refractivity contribution in [2.24, 2.45) is 0 Å². The van der Waals surface area contributed by atoms with Gasteiger partial charge in [-0.3, -0.25) is 5.41 Å². The van der Waals surface area contributed by atoms with E-state index in [1.165, 1.54) is 4.31 Å². The summed E-state index contributed by atoms with van der Waals surface area (Å²) in [4.78, 5) is 2.08. The summed E-state index contributed by atoms with van der Waals surface area (Å²) in [5.41, 5.74) is 1.02. The lowest BCUT2D eigenvalue weighted by Crippen LogP contribution is -2.37. The molecule has 0 spiro atoms. The van der Waals surface area contributed by atoms with Crippen LogP contribution in [0.15, 0.2) is 29.2 Å². The summed E-state index contributed by atoms with van der Waals surface area (Å²) >= 11 is 0. The zero-order chi connectivity index (χ0) is 14.8. The van der Waals surface area contributed by atoms with Gasteiger partial charge in [0.2, 0.25) is 5.96 Å². The lowest BCUT2D eigenvalue weighted by molar-refractivity contribution is 0.445. The molecule has 2 rings (SSSR count). The van der Waals surface area contributed by atoms with Crippen molar-refractivity contribution in [2.75, 3.05) is 19.6 Å². The third-order valence-corrected chi connectivity index (χ3v) is 5.30. The molecule has 1 aliphatic heterocycles. The van der Waals surface area contributed by atoms with Crippen LogP contribution in [0, 0.1) is 12.3 Å². The van der Waals surface area contributed by atoms with E-state index in [1.807, 2.05) is 11.8 Å². The van der Waals surface area contributed by atoms with E-state index in [4.69, 9.17) is 5.41 Å². The molecule has 0 bridgehead atoms. The quantitative estimate of drug-likeness (QED) is 0.904. The van der Waals surface area contributed by atoms with Gasteiger partial charge in [0.15, 0.2) is 0 Å². The average Bonchev–Trinajstić information content (AvgIpc) is 2.79. The Morgan fingerprint density at radius 3 is 2.45 bits per heavy atom. The fraction of sp³-hybridized carbons (Fsp3) is 0.500. The molecule has 0 aliphatic carbocycles. The van der Waals surface area contributed by atoms with Gasteiger partial charge in [0.1, 0.15) is 0 Å². The molecule has 20 heavy (non-hydrogen) atoms. The van der Waals surface area contributed by atoms with Crippen LogP contribution in [-0.4, -0.2) is 43.2 Å². The zero-order valence-electron chi connectivity index (χ0n) is 12.0. The van der Waals surface area contributed by atoms with Crippen LogP contribution >= 0.6 is 0 Å². The van der Waals surface area contributed by atoms with Gasteiger partial charge in [-0.05, 0) is 25.5 Å². The fourth-order valence-corrected chi connectivity index (χ4v) is 3.62. The number of hydrogen-bond acceptors (Lipinski definition) is 3. The van der Waals surface area contributed by atoms with Crippen LogP contribution in [0.5, 0.6) is 0 Å². The maximum absolute atomic E-state index is 12.5. The number of nitrogens with one attached hydrogen (secondary N) is 1. The van der Waals surface area contributed by atoms with Crippen LogP contribution in [0.2, 0.25) is 0 Å². The summed E-state index contributed by atoms with van der Waals surface area (Å²) in [6, 6.07) is 6.77. The third-order valence-electron chi connectivity index (χ3n) is 3.50. The summed E-state index contributed by atoms with van der Waals surface area (Å²) in [7, 11) is -3.60. The number of hydrogen-bond donors (Lipinski definition) is 1. The monoisotopic (exact) mass is 295 g/mol. The van der Waals surface area contributed by atoms with Crippen LogP contribution in [0.1, 0.15) is 25.3 Å². The van der Waals surface area contributed by atoms with Crippen molar-refractivity contribution in [3.05, 3.63) is 29.8 Å². The fourth-order valence-electron chi connectivity index (χ4n) is 2.22. The molecule has 1 aliphatic rings. The van der Waals surface area contributed by atoms with Crippen molar-refractivity contribution in [3.8, 4) is 0 Å². The molecule has 1 heterocycles. The Morgan fingerprint density at radius 2 is 1.85 bits per heavy atom. The first-order valence-corrected chi connectivity index (χ1v) is 8.33. The number of aryl methyl sites for hydroxylation is 1. The molecule has 0 atom stereocenters. The molecule has 0 aromatic heterocycles. The van der Waals surface area contributed by atoms with Crippen molar-refractivity contribution in [1.82, 2.24) is 9.21 Å². The van der Waals surface area contributed by atoms with E-state index in [0.29, 0.717) is 13.1 Å². The van der Waals surface area contributed by atoms with E-state index in [-0.39, 0.29) is 10.9 Å². The van der Waals surface area contributed by atoms with E-state index in [0.717, 1.165) is 24.9 Å². The van der Waals surface area contributed by atoms with Gasteiger partial charge in [0.25, 0.3) is 10.0 Å².